The normalized spacial score (nSPS) is 18.6. The number of aryl methyl sites for hydroxylation is 1. The Hall–Kier alpha value is -3.89. The lowest BCUT2D eigenvalue weighted by Crippen LogP contribution is -2.48. The summed E-state index contributed by atoms with van der Waals surface area (Å²) < 4.78 is 44.9. The van der Waals surface area contributed by atoms with Crippen molar-refractivity contribution in [2.24, 2.45) is 28.5 Å². The summed E-state index contributed by atoms with van der Waals surface area (Å²) in [6.07, 6.45) is -6.03. The molecule has 2 aliphatic rings. The number of methoxy groups -OCH3 is 1. The van der Waals surface area contributed by atoms with Gasteiger partial charge in [0.15, 0.2) is 0 Å². The van der Waals surface area contributed by atoms with Gasteiger partial charge in [-0.1, -0.05) is 48.7 Å². The van der Waals surface area contributed by atoms with E-state index in [1.807, 2.05) is 25.1 Å². The van der Waals surface area contributed by atoms with Gasteiger partial charge in [-0.2, -0.15) is 13.2 Å². The number of nitrogens with two attached hydrogens (primary N) is 1. The van der Waals surface area contributed by atoms with E-state index < -0.39 is 54.7 Å². The second-order valence-electron chi connectivity index (χ2n) is 10.1. The maximum Gasteiger partial charge on any atom is 0.389 e. The first-order valence-corrected chi connectivity index (χ1v) is 12.8. The molecule has 4 rings (SSSR count). The monoisotopic (exact) mass is 544 g/mol. The van der Waals surface area contributed by atoms with E-state index >= 15 is 0 Å². The Morgan fingerprint density at radius 1 is 1.18 bits per heavy atom. The molecule has 1 saturated carbocycles. The predicted molar refractivity (Wildman–Crippen MR) is 139 cm³/mol. The average molecular weight is 545 g/mol. The van der Waals surface area contributed by atoms with E-state index in [1.54, 1.807) is 24.3 Å². The van der Waals surface area contributed by atoms with Gasteiger partial charge in [0.25, 0.3) is 5.91 Å². The molecule has 1 fully saturated rings. The molecule has 39 heavy (non-hydrogen) atoms. The number of hydrogen-bond donors (Lipinski definition) is 3. The highest BCUT2D eigenvalue weighted by Crippen LogP contribution is 2.39. The van der Waals surface area contributed by atoms with Gasteiger partial charge in [-0.3, -0.25) is 14.4 Å². The Morgan fingerprint density at radius 3 is 2.51 bits per heavy atom. The lowest BCUT2D eigenvalue weighted by Gasteiger charge is -2.26. The molecule has 1 aliphatic heterocycles. The third-order valence-electron chi connectivity index (χ3n) is 7.04. The number of benzene rings is 2. The largest absolute Gasteiger partial charge is 0.495 e. The minimum Gasteiger partial charge on any atom is -0.495 e. The molecular weight excluding hydrogens is 513 g/mol. The number of anilines is 1. The van der Waals surface area contributed by atoms with E-state index in [0.29, 0.717) is 28.3 Å². The number of alkyl halides is 3. The smallest absolute Gasteiger partial charge is 0.389 e. The number of aliphatic imine (C=N–C) groups is 1. The fourth-order valence-electron chi connectivity index (χ4n) is 4.86. The van der Waals surface area contributed by atoms with E-state index in [2.05, 4.69) is 15.6 Å². The van der Waals surface area contributed by atoms with E-state index in [4.69, 9.17) is 10.5 Å². The lowest BCUT2D eigenvalue weighted by atomic mass is 9.83. The van der Waals surface area contributed by atoms with Crippen LogP contribution in [0.3, 0.4) is 0 Å². The van der Waals surface area contributed by atoms with Crippen LogP contribution >= 0.6 is 0 Å². The minimum absolute atomic E-state index is 0.137. The lowest BCUT2D eigenvalue weighted by molar-refractivity contribution is -0.146. The molecule has 8 nitrogen and oxygen atoms in total. The van der Waals surface area contributed by atoms with Crippen LogP contribution in [0.15, 0.2) is 47.5 Å². The summed E-state index contributed by atoms with van der Waals surface area (Å²) in [4.78, 5) is 43.6. The SMILES string of the molecule is COc1cccc2c1NC(=O)[C@@H](NC(=O)[C@H](CCC(F)(F)F)[C@H](CC1CC1)C(N)=O)N=C2c1cccc(C)c1. The van der Waals surface area contributed by atoms with Gasteiger partial charge in [0, 0.05) is 29.4 Å². The second kappa shape index (κ2) is 11.5. The molecule has 0 spiro atoms. The number of ether oxygens (including phenoxy) is 1. The van der Waals surface area contributed by atoms with Gasteiger partial charge in [0.05, 0.1) is 18.5 Å². The highest BCUT2D eigenvalue weighted by atomic mass is 19.4. The number of benzodiazepines with no additional fused rings is 1. The molecule has 1 heterocycles. The quantitative estimate of drug-likeness (QED) is 0.417. The molecule has 0 saturated heterocycles. The van der Waals surface area contributed by atoms with Crippen molar-refractivity contribution in [1.29, 1.82) is 0 Å². The van der Waals surface area contributed by atoms with Crippen LogP contribution in [0.4, 0.5) is 18.9 Å². The molecular formula is C28H31F3N4O4. The van der Waals surface area contributed by atoms with Crippen molar-refractivity contribution < 1.29 is 32.3 Å². The Morgan fingerprint density at radius 2 is 1.90 bits per heavy atom. The number of para-hydroxylation sites is 1. The number of carbonyl (C=O) groups excluding carboxylic acids is 3. The van der Waals surface area contributed by atoms with Gasteiger partial charge in [-0.25, -0.2) is 4.99 Å². The number of rotatable bonds is 10. The Balaban J connectivity index is 1.71. The van der Waals surface area contributed by atoms with Crippen molar-refractivity contribution in [3.05, 3.63) is 59.2 Å². The number of amides is 3. The zero-order valence-corrected chi connectivity index (χ0v) is 21.7. The summed E-state index contributed by atoms with van der Waals surface area (Å²) in [6, 6.07) is 12.5. The van der Waals surface area contributed by atoms with Crippen LogP contribution in [0.25, 0.3) is 0 Å². The van der Waals surface area contributed by atoms with E-state index in [-0.39, 0.29) is 12.3 Å². The van der Waals surface area contributed by atoms with Crippen LogP contribution in [0.2, 0.25) is 0 Å². The van der Waals surface area contributed by atoms with E-state index in [1.165, 1.54) is 7.11 Å². The predicted octanol–water partition coefficient (Wildman–Crippen LogP) is 4.10. The summed E-state index contributed by atoms with van der Waals surface area (Å²) in [5.41, 5.74) is 8.42. The molecule has 3 amide bonds. The van der Waals surface area contributed by atoms with Crippen molar-refractivity contribution in [2.45, 2.75) is 51.4 Å². The van der Waals surface area contributed by atoms with Gasteiger partial charge < -0.3 is 21.1 Å². The highest BCUT2D eigenvalue weighted by molar-refractivity contribution is 6.20. The molecule has 0 radical (unpaired) electrons. The maximum absolute atomic E-state index is 13.5. The molecule has 0 bridgehead atoms. The summed E-state index contributed by atoms with van der Waals surface area (Å²) in [6.45, 7) is 1.89. The Labute approximate surface area is 224 Å². The highest BCUT2D eigenvalue weighted by Gasteiger charge is 2.41. The second-order valence-corrected chi connectivity index (χ2v) is 10.1. The first-order chi connectivity index (χ1) is 18.5. The van der Waals surface area contributed by atoms with Crippen molar-refractivity contribution in [3.63, 3.8) is 0 Å². The molecule has 1 aliphatic carbocycles. The minimum atomic E-state index is -4.53. The Bertz CT molecular complexity index is 1290. The average Bonchev–Trinajstić information content (AvgIpc) is 3.70. The van der Waals surface area contributed by atoms with Gasteiger partial charge in [0.1, 0.15) is 5.75 Å². The molecule has 3 atom stereocenters. The molecule has 2 aromatic rings. The zero-order chi connectivity index (χ0) is 28.3. The standard InChI is InChI=1S/C28H31F3N4O4/c1-15-5-3-6-17(13-15)22-19-7-4-8-21(39-2)23(19)34-27(38)25(33-22)35-26(37)18(11-12-28(29,30)31)20(24(32)36)14-16-9-10-16/h3-8,13,16,18,20,25H,9-12,14H2,1-2H3,(H2,32,36)(H,34,38)(H,35,37)/t18-,20+,25-/m1/s1. The summed E-state index contributed by atoms with van der Waals surface area (Å²) in [7, 11) is 1.45. The fourth-order valence-corrected chi connectivity index (χ4v) is 4.86. The van der Waals surface area contributed by atoms with Crippen LogP contribution in [-0.2, 0) is 14.4 Å². The van der Waals surface area contributed by atoms with Crippen molar-refractivity contribution in [3.8, 4) is 5.75 Å². The molecule has 0 unspecified atom stereocenters. The van der Waals surface area contributed by atoms with Crippen LogP contribution < -0.4 is 21.1 Å². The molecule has 4 N–H and O–H groups in total. The van der Waals surface area contributed by atoms with Gasteiger partial charge in [0.2, 0.25) is 18.0 Å². The summed E-state index contributed by atoms with van der Waals surface area (Å²) in [5, 5.41) is 5.24. The number of nitrogens with zero attached hydrogens (tertiary/aromatic N) is 1. The van der Waals surface area contributed by atoms with E-state index in [0.717, 1.165) is 18.4 Å². The van der Waals surface area contributed by atoms with Crippen molar-refractivity contribution >= 4 is 29.1 Å². The Kier molecular flexibility index (Phi) is 8.27. The first kappa shape index (κ1) is 28.1. The van der Waals surface area contributed by atoms with Crippen molar-refractivity contribution in [2.75, 3.05) is 12.4 Å². The number of halogens is 3. The number of nitrogens with one attached hydrogen (secondary N) is 2. The molecule has 11 heteroatoms. The fraction of sp³-hybridized carbons (Fsp3) is 0.429. The third kappa shape index (κ3) is 6.96. The zero-order valence-electron chi connectivity index (χ0n) is 21.7. The van der Waals surface area contributed by atoms with Gasteiger partial charge >= 0.3 is 6.18 Å². The number of fused-ring (bicyclic) bond motifs is 1. The van der Waals surface area contributed by atoms with Gasteiger partial charge in [-0.15, -0.1) is 0 Å². The summed E-state index contributed by atoms with van der Waals surface area (Å²) in [5.74, 6) is -4.37. The van der Waals surface area contributed by atoms with E-state index in [9.17, 15) is 27.6 Å². The number of primary amides is 1. The van der Waals surface area contributed by atoms with Crippen LogP contribution in [0.1, 0.15) is 48.8 Å². The topological polar surface area (TPSA) is 123 Å². The molecule has 2 aromatic carbocycles. The van der Waals surface area contributed by atoms with Crippen LogP contribution in [0.5, 0.6) is 5.75 Å². The molecule has 0 aromatic heterocycles. The van der Waals surface area contributed by atoms with Crippen LogP contribution in [0, 0.1) is 24.7 Å². The number of hydrogen-bond acceptors (Lipinski definition) is 5. The first-order valence-electron chi connectivity index (χ1n) is 12.8. The summed E-state index contributed by atoms with van der Waals surface area (Å²) >= 11 is 0. The van der Waals surface area contributed by atoms with Gasteiger partial charge in [-0.05, 0) is 37.8 Å². The van der Waals surface area contributed by atoms with Crippen molar-refractivity contribution in [1.82, 2.24) is 5.32 Å². The maximum atomic E-state index is 13.5. The number of carbonyl (C=O) groups is 3. The van der Waals surface area contributed by atoms with Crippen LogP contribution in [-0.4, -0.2) is 42.9 Å². The molecule has 208 valence electrons. The third-order valence-corrected chi connectivity index (χ3v) is 7.04.